The van der Waals surface area contributed by atoms with Crippen LogP contribution in [0.4, 0.5) is 0 Å². The van der Waals surface area contributed by atoms with Crippen LogP contribution in [0.2, 0.25) is 10.0 Å². The molecule has 1 aromatic carbocycles. The molecule has 1 heterocycles. The summed E-state index contributed by atoms with van der Waals surface area (Å²) in [6, 6.07) is 5.84. The summed E-state index contributed by atoms with van der Waals surface area (Å²) in [5.41, 5.74) is 1.09. The maximum absolute atomic E-state index is 12.6. The standard InChI is InChI=1S/C20H28Cl2N4O.HI/c1-23-20(24-8-6-14-10-16(21)12-17(22)11-14)25-18-7-9-26(13-18)19(27)15-4-2-3-5-15;/h10-12,15,18H,2-9,13H2,1H3,(H2,23,24,25);1H. The molecule has 8 heteroatoms. The molecule has 156 valence electrons. The van der Waals surface area contributed by atoms with Crippen LogP contribution in [-0.2, 0) is 11.2 Å². The number of likely N-dealkylation sites (tertiary alicyclic amines) is 1. The summed E-state index contributed by atoms with van der Waals surface area (Å²) in [7, 11) is 1.77. The highest BCUT2D eigenvalue weighted by atomic mass is 127. The van der Waals surface area contributed by atoms with Crippen molar-refractivity contribution < 1.29 is 4.79 Å². The fourth-order valence-electron chi connectivity index (χ4n) is 3.98. The number of guanidine groups is 1. The number of benzene rings is 1. The van der Waals surface area contributed by atoms with E-state index in [9.17, 15) is 4.79 Å². The fraction of sp³-hybridized carbons (Fsp3) is 0.600. The summed E-state index contributed by atoms with van der Waals surface area (Å²) in [6.07, 6.45) is 6.27. The number of rotatable bonds is 5. The third-order valence-corrected chi connectivity index (χ3v) is 5.83. The predicted octanol–water partition coefficient (Wildman–Crippen LogP) is 4.11. The molecule has 2 N–H and O–H groups in total. The van der Waals surface area contributed by atoms with Crippen LogP contribution in [0.15, 0.2) is 23.2 Å². The number of amides is 1. The smallest absolute Gasteiger partial charge is 0.225 e. The third-order valence-electron chi connectivity index (χ3n) is 5.40. The van der Waals surface area contributed by atoms with Crippen LogP contribution < -0.4 is 10.6 Å². The fourth-order valence-corrected chi connectivity index (χ4v) is 4.55. The zero-order valence-electron chi connectivity index (χ0n) is 16.2. The van der Waals surface area contributed by atoms with Crippen LogP contribution in [-0.4, -0.2) is 49.5 Å². The lowest BCUT2D eigenvalue weighted by atomic mass is 10.1. The van der Waals surface area contributed by atoms with Gasteiger partial charge in [0.05, 0.1) is 0 Å². The van der Waals surface area contributed by atoms with Gasteiger partial charge in [0, 0.05) is 48.7 Å². The van der Waals surface area contributed by atoms with E-state index in [0.717, 1.165) is 56.8 Å². The molecular weight excluding hydrogens is 510 g/mol. The van der Waals surface area contributed by atoms with Gasteiger partial charge in [-0.05, 0) is 49.4 Å². The quantitative estimate of drug-likeness (QED) is 0.337. The van der Waals surface area contributed by atoms with Crippen LogP contribution in [0, 0.1) is 5.92 Å². The van der Waals surface area contributed by atoms with Gasteiger partial charge < -0.3 is 15.5 Å². The molecule has 2 fully saturated rings. The molecule has 1 saturated carbocycles. The van der Waals surface area contributed by atoms with E-state index < -0.39 is 0 Å². The number of nitrogens with one attached hydrogen (secondary N) is 2. The van der Waals surface area contributed by atoms with Gasteiger partial charge in [0.1, 0.15) is 0 Å². The molecule has 1 saturated heterocycles. The van der Waals surface area contributed by atoms with Crippen molar-refractivity contribution >= 4 is 59.0 Å². The van der Waals surface area contributed by atoms with Crippen LogP contribution in [0.5, 0.6) is 0 Å². The highest BCUT2D eigenvalue weighted by Crippen LogP contribution is 2.27. The Morgan fingerprint density at radius 2 is 1.86 bits per heavy atom. The van der Waals surface area contributed by atoms with Crippen LogP contribution in [0.25, 0.3) is 0 Å². The molecule has 1 aliphatic heterocycles. The monoisotopic (exact) mass is 538 g/mol. The first-order valence-corrected chi connectivity index (χ1v) is 10.5. The van der Waals surface area contributed by atoms with Crippen molar-refractivity contribution in [3.63, 3.8) is 0 Å². The van der Waals surface area contributed by atoms with E-state index >= 15 is 0 Å². The molecule has 5 nitrogen and oxygen atoms in total. The Labute approximate surface area is 194 Å². The molecule has 3 rings (SSSR count). The van der Waals surface area contributed by atoms with E-state index in [1.165, 1.54) is 12.8 Å². The molecule has 0 bridgehead atoms. The lowest BCUT2D eigenvalue weighted by molar-refractivity contribution is -0.134. The second-order valence-electron chi connectivity index (χ2n) is 7.42. The van der Waals surface area contributed by atoms with Crippen LogP contribution in [0.1, 0.15) is 37.7 Å². The van der Waals surface area contributed by atoms with E-state index in [1.807, 2.05) is 17.0 Å². The summed E-state index contributed by atoms with van der Waals surface area (Å²) in [5, 5.41) is 8.08. The maximum atomic E-state index is 12.6. The Hall–Kier alpha value is -0.730. The van der Waals surface area contributed by atoms with Gasteiger partial charge in [-0.3, -0.25) is 9.79 Å². The van der Waals surface area contributed by atoms with Gasteiger partial charge in [-0.2, -0.15) is 0 Å². The third kappa shape index (κ3) is 6.66. The summed E-state index contributed by atoms with van der Waals surface area (Å²) >= 11 is 12.1. The molecule has 1 aliphatic carbocycles. The van der Waals surface area contributed by atoms with Gasteiger partial charge in [0.15, 0.2) is 5.96 Å². The van der Waals surface area contributed by atoms with E-state index in [4.69, 9.17) is 23.2 Å². The van der Waals surface area contributed by atoms with Crippen LogP contribution in [0.3, 0.4) is 0 Å². The van der Waals surface area contributed by atoms with E-state index in [-0.39, 0.29) is 35.9 Å². The molecule has 1 unspecified atom stereocenters. The van der Waals surface area contributed by atoms with Crippen molar-refractivity contribution in [2.24, 2.45) is 10.9 Å². The zero-order valence-corrected chi connectivity index (χ0v) is 20.1. The first kappa shape index (κ1) is 23.5. The highest BCUT2D eigenvalue weighted by molar-refractivity contribution is 14.0. The molecule has 0 spiro atoms. The summed E-state index contributed by atoms with van der Waals surface area (Å²) in [4.78, 5) is 18.9. The van der Waals surface area contributed by atoms with Crippen molar-refractivity contribution in [3.8, 4) is 0 Å². The molecule has 1 atom stereocenters. The number of aliphatic imine (C=N–C) groups is 1. The van der Waals surface area contributed by atoms with Crippen molar-refractivity contribution in [3.05, 3.63) is 33.8 Å². The largest absolute Gasteiger partial charge is 0.356 e. The van der Waals surface area contributed by atoms with Gasteiger partial charge in [0.25, 0.3) is 0 Å². The minimum Gasteiger partial charge on any atom is -0.356 e. The van der Waals surface area contributed by atoms with Crippen molar-refractivity contribution in [1.82, 2.24) is 15.5 Å². The van der Waals surface area contributed by atoms with Crippen molar-refractivity contribution in [2.45, 2.75) is 44.6 Å². The first-order chi connectivity index (χ1) is 13.0. The normalized spacial score (nSPS) is 20.2. The molecule has 2 aliphatic rings. The Morgan fingerprint density at radius 3 is 2.50 bits per heavy atom. The van der Waals surface area contributed by atoms with Crippen molar-refractivity contribution in [1.29, 1.82) is 0 Å². The molecule has 0 aromatic heterocycles. The van der Waals surface area contributed by atoms with E-state index in [2.05, 4.69) is 15.6 Å². The number of carbonyl (C=O) groups excluding carboxylic acids is 1. The van der Waals surface area contributed by atoms with Gasteiger partial charge in [-0.1, -0.05) is 36.0 Å². The Bertz CT molecular complexity index is 675. The van der Waals surface area contributed by atoms with Gasteiger partial charge >= 0.3 is 0 Å². The molecule has 1 amide bonds. The van der Waals surface area contributed by atoms with Gasteiger partial charge in [-0.25, -0.2) is 0 Å². The zero-order chi connectivity index (χ0) is 19.2. The summed E-state index contributed by atoms with van der Waals surface area (Å²) in [6.45, 7) is 2.33. The SMILES string of the molecule is CN=C(NCCc1cc(Cl)cc(Cl)c1)NC1CCN(C(=O)C2CCCC2)C1.I. The first-order valence-electron chi connectivity index (χ1n) is 9.76. The van der Waals surface area contributed by atoms with Crippen molar-refractivity contribution in [2.75, 3.05) is 26.7 Å². The molecule has 0 radical (unpaired) electrons. The maximum Gasteiger partial charge on any atom is 0.225 e. The number of hydrogen-bond donors (Lipinski definition) is 2. The number of hydrogen-bond acceptors (Lipinski definition) is 2. The second kappa shape index (κ2) is 11.5. The Balaban J connectivity index is 0.00000280. The van der Waals surface area contributed by atoms with Gasteiger partial charge in [-0.15, -0.1) is 24.0 Å². The predicted molar refractivity (Wildman–Crippen MR) is 127 cm³/mol. The van der Waals surface area contributed by atoms with Crippen LogP contribution >= 0.6 is 47.2 Å². The Morgan fingerprint density at radius 1 is 1.18 bits per heavy atom. The number of nitrogens with zero attached hydrogens (tertiary/aromatic N) is 2. The topological polar surface area (TPSA) is 56.7 Å². The molecule has 1 aromatic rings. The number of carbonyl (C=O) groups is 1. The molecular formula is C20H29Cl2IN4O. The summed E-state index contributed by atoms with van der Waals surface area (Å²) < 4.78 is 0. The lowest BCUT2D eigenvalue weighted by Gasteiger charge is -2.21. The lowest BCUT2D eigenvalue weighted by Crippen LogP contribution is -2.45. The minimum atomic E-state index is 0. The Kier molecular flexibility index (Phi) is 9.63. The average Bonchev–Trinajstić information content (AvgIpc) is 3.31. The minimum absolute atomic E-state index is 0. The highest BCUT2D eigenvalue weighted by Gasteiger charge is 2.32. The van der Waals surface area contributed by atoms with Gasteiger partial charge in [0.2, 0.25) is 5.91 Å². The van der Waals surface area contributed by atoms with E-state index in [1.54, 1.807) is 13.1 Å². The van der Waals surface area contributed by atoms with E-state index in [0.29, 0.717) is 16.0 Å². The molecule has 28 heavy (non-hydrogen) atoms. The second-order valence-corrected chi connectivity index (χ2v) is 8.30. The number of halogens is 3. The average molecular weight is 539 g/mol. The summed E-state index contributed by atoms with van der Waals surface area (Å²) in [5.74, 6) is 1.37.